The monoisotopic (exact) mass is 313 g/mol. The molecule has 0 aromatic heterocycles. The molecule has 8 heteroatoms. The number of carbonyl (C=O) groups is 1. The third-order valence-electron chi connectivity index (χ3n) is 3.77. The zero-order valence-corrected chi connectivity index (χ0v) is 11.7. The lowest BCUT2D eigenvalue weighted by Crippen LogP contribution is -2.38. The Kier molecular flexibility index (Phi) is 2.83. The Morgan fingerprint density at radius 3 is 2.48 bits per heavy atom. The van der Waals surface area contributed by atoms with Crippen molar-refractivity contribution in [3.8, 4) is 11.5 Å². The van der Waals surface area contributed by atoms with Crippen LogP contribution < -0.4 is 20.1 Å². The Balaban J connectivity index is 1.66. The molecule has 2 aromatic carbocycles. The minimum Gasteiger partial charge on any atom is -0.454 e. The summed E-state index contributed by atoms with van der Waals surface area (Å²) in [5.74, 6) is 0.864. The molecule has 2 aliphatic heterocycles. The fourth-order valence-corrected chi connectivity index (χ4v) is 2.60. The first-order chi connectivity index (χ1) is 11.1. The minimum absolute atomic E-state index is 0.000320. The smallest absolute Gasteiger partial charge is 0.269 e. The quantitative estimate of drug-likeness (QED) is 0.650. The van der Waals surface area contributed by atoms with Crippen LogP contribution in [0.3, 0.4) is 0 Å². The molecular formula is C15H11N3O5. The van der Waals surface area contributed by atoms with Crippen LogP contribution in [0.1, 0.15) is 22.1 Å². The molecule has 2 aromatic rings. The first kappa shape index (κ1) is 13.4. The summed E-state index contributed by atoms with van der Waals surface area (Å²) in [5, 5.41) is 16.7. The highest BCUT2D eigenvalue weighted by molar-refractivity contribution is 6.02. The van der Waals surface area contributed by atoms with Gasteiger partial charge in [0.25, 0.3) is 11.6 Å². The van der Waals surface area contributed by atoms with Gasteiger partial charge in [-0.2, -0.15) is 0 Å². The van der Waals surface area contributed by atoms with Gasteiger partial charge in [-0.05, 0) is 23.8 Å². The van der Waals surface area contributed by atoms with Crippen LogP contribution in [0, 0.1) is 10.1 Å². The number of anilines is 1. The fourth-order valence-electron chi connectivity index (χ4n) is 2.60. The van der Waals surface area contributed by atoms with Crippen LogP contribution in [-0.2, 0) is 0 Å². The van der Waals surface area contributed by atoms with Gasteiger partial charge >= 0.3 is 0 Å². The first-order valence-electron chi connectivity index (χ1n) is 6.87. The average Bonchev–Trinajstić information content (AvgIpc) is 3.00. The maximum Gasteiger partial charge on any atom is 0.269 e. The maximum absolute atomic E-state index is 12.3. The number of hydrogen-bond acceptors (Lipinski definition) is 6. The molecular weight excluding hydrogens is 302 g/mol. The lowest BCUT2D eigenvalue weighted by Gasteiger charge is -2.28. The minimum atomic E-state index is -0.476. The molecule has 2 heterocycles. The predicted molar refractivity (Wildman–Crippen MR) is 79.5 cm³/mol. The number of nitro groups is 1. The molecule has 8 nitrogen and oxygen atoms in total. The predicted octanol–water partition coefficient (Wildman–Crippen LogP) is 2.18. The van der Waals surface area contributed by atoms with Gasteiger partial charge in [-0.15, -0.1) is 0 Å². The summed E-state index contributed by atoms with van der Waals surface area (Å²) < 4.78 is 10.6. The van der Waals surface area contributed by atoms with Crippen molar-refractivity contribution in [1.82, 2.24) is 5.32 Å². The number of ether oxygens (including phenoxy) is 2. The zero-order valence-electron chi connectivity index (χ0n) is 11.7. The Bertz CT molecular complexity index is 819. The summed E-state index contributed by atoms with van der Waals surface area (Å²) in [4.78, 5) is 22.5. The lowest BCUT2D eigenvalue weighted by molar-refractivity contribution is -0.384. The van der Waals surface area contributed by atoms with E-state index in [1.807, 2.05) is 0 Å². The number of rotatable bonds is 2. The third-order valence-corrected chi connectivity index (χ3v) is 3.77. The van der Waals surface area contributed by atoms with E-state index in [-0.39, 0.29) is 18.4 Å². The number of non-ortho nitro benzene ring substituents is 1. The number of benzene rings is 2. The molecule has 0 aliphatic carbocycles. The van der Waals surface area contributed by atoms with Crippen molar-refractivity contribution in [2.24, 2.45) is 0 Å². The molecule has 0 saturated heterocycles. The van der Waals surface area contributed by atoms with Crippen molar-refractivity contribution in [2.75, 3.05) is 12.1 Å². The fraction of sp³-hybridized carbons (Fsp3) is 0.133. The van der Waals surface area contributed by atoms with Crippen molar-refractivity contribution in [1.29, 1.82) is 0 Å². The molecule has 0 fully saturated rings. The first-order valence-corrected chi connectivity index (χ1v) is 6.87. The van der Waals surface area contributed by atoms with Gasteiger partial charge in [0, 0.05) is 18.2 Å². The summed E-state index contributed by atoms with van der Waals surface area (Å²) >= 11 is 0. The van der Waals surface area contributed by atoms with Gasteiger partial charge in [-0.25, -0.2) is 0 Å². The SMILES string of the molecule is O=C1NC(c2ccc([N+](=O)[O-])cc2)Nc2cc3c(cc21)OCO3. The number of carbonyl (C=O) groups excluding carboxylic acids is 1. The maximum atomic E-state index is 12.3. The van der Waals surface area contributed by atoms with Gasteiger partial charge in [0.1, 0.15) is 6.17 Å². The molecule has 0 spiro atoms. The van der Waals surface area contributed by atoms with Crippen molar-refractivity contribution >= 4 is 17.3 Å². The molecule has 4 rings (SSSR count). The van der Waals surface area contributed by atoms with Gasteiger partial charge in [-0.1, -0.05) is 0 Å². The van der Waals surface area contributed by atoms with Crippen molar-refractivity contribution in [3.05, 3.63) is 57.6 Å². The molecule has 1 unspecified atom stereocenters. The second-order valence-corrected chi connectivity index (χ2v) is 5.15. The van der Waals surface area contributed by atoms with Crippen LogP contribution in [-0.4, -0.2) is 17.6 Å². The van der Waals surface area contributed by atoms with E-state index in [1.165, 1.54) is 12.1 Å². The number of nitrogens with one attached hydrogen (secondary N) is 2. The van der Waals surface area contributed by atoms with E-state index in [9.17, 15) is 14.9 Å². The Morgan fingerprint density at radius 1 is 1.09 bits per heavy atom. The highest BCUT2D eigenvalue weighted by atomic mass is 16.7. The highest BCUT2D eigenvalue weighted by Crippen LogP contribution is 2.39. The molecule has 0 saturated carbocycles. The van der Waals surface area contributed by atoms with Gasteiger partial charge < -0.3 is 20.1 Å². The molecule has 0 bridgehead atoms. The van der Waals surface area contributed by atoms with Gasteiger partial charge in [-0.3, -0.25) is 14.9 Å². The van der Waals surface area contributed by atoms with E-state index >= 15 is 0 Å². The lowest BCUT2D eigenvalue weighted by atomic mass is 10.0. The summed E-state index contributed by atoms with van der Waals surface area (Å²) in [6, 6.07) is 9.36. The number of fused-ring (bicyclic) bond motifs is 2. The number of hydrogen-bond donors (Lipinski definition) is 2. The number of nitrogens with zero attached hydrogens (tertiary/aromatic N) is 1. The molecule has 2 aliphatic rings. The van der Waals surface area contributed by atoms with Crippen LogP contribution in [0.5, 0.6) is 11.5 Å². The van der Waals surface area contributed by atoms with E-state index < -0.39 is 11.1 Å². The zero-order chi connectivity index (χ0) is 16.0. The molecule has 23 heavy (non-hydrogen) atoms. The van der Waals surface area contributed by atoms with Crippen LogP contribution >= 0.6 is 0 Å². The van der Waals surface area contributed by atoms with Crippen molar-refractivity contribution < 1.29 is 19.2 Å². The standard InChI is InChI=1S/C15H11N3O5/c19-15-10-5-12-13(23-7-22-12)6-11(10)16-14(17-15)8-1-3-9(4-2-8)18(20)21/h1-6,14,16H,7H2,(H,17,19). The second kappa shape index (κ2) is 4.87. The van der Waals surface area contributed by atoms with E-state index in [0.29, 0.717) is 28.3 Å². The molecule has 1 amide bonds. The van der Waals surface area contributed by atoms with Crippen LogP contribution in [0.25, 0.3) is 0 Å². The highest BCUT2D eigenvalue weighted by Gasteiger charge is 2.28. The van der Waals surface area contributed by atoms with Gasteiger partial charge in [0.05, 0.1) is 16.2 Å². The molecule has 2 N–H and O–H groups in total. The van der Waals surface area contributed by atoms with Crippen LogP contribution in [0.4, 0.5) is 11.4 Å². The van der Waals surface area contributed by atoms with Gasteiger partial charge in [0.15, 0.2) is 11.5 Å². The Hall–Kier alpha value is -3.29. The van der Waals surface area contributed by atoms with Crippen LogP contribution in [0.2, 0.25) is 0 Å². The largest absolute Gasteiger partial charge is 0.454 e. The van der Waals surface area contributed by atoms with E-state index in [2.05, 4.69) is 10.6 Å². The topological polar surface area (TPSA) is 103 Å². The molecule has 0 radical (unpaired) electrons. The molecule has 116 valence electrons. The number of amides is 1. The van der Waals surface area contributed by atoms with E-state index in [0.717, 1.165) is 0 Å². The summed E-state index contributed by atoms with van der Waals surface area (Å²) in [6.07, 6.45) is -0.476. The average molecular weight is 313 g/mol. The summed E-state index contributed by atoms with van der Waals surface area (Å²) in [6.45, 7) is 0.131. The summed E-state index contributed by atoms with van der Waals surface area (Å²) in [7, 11) is 0. The van der Waals surface area contributed by atoms with Crippen molar-refractivity contribution in [2.45, 2.75) is 6.17 Å². The van der Waals surface area contributed by atoms with Gasteiger partial charge in [0.2, 0.25) is 6.79 Å². The third kappa shape index (κ3) is 2.20. The Morgan fingerprint density at radius 2 is 1.78 bits per heavy atom. The Labute approximate surface area is 130 Å². The normalized spacial score (nSPS) is 17.9. The van der Waals surface area contributed by atoms with Crippen molar-refractivity contribution in [3.63, 3.8) is 0 Å². The van der Waals surface area contributed by atoms with Crippen LogP contribution in [0.15, 0.2) is 36.4 Å². The summed E-state index contributed by atoms with van der Waals surface area (Å²) in [5.41, 5.74) is 1.81. The van der Waals surface area contributed by atoms with E-state index in [4.69, 9.17) is 9.47 Å². The second-order valence-electron chi connectivity index (χ2n) is 5.15. The number of nitro benzene ring substituents is 1. The molecule has 1 atom stereocenters. The van der Waals surface area contributed by atoms with E-state index in [1.54, 1.807) is 24.3 Å².